The highest BCUT2D eigenvalue weighted by Crippen LogP contribution is 2.35. The Hall–Kier alpha value is -4.00. The predicted octanol–water partition coefficient (Wildman–Crippen LogP) is 5.15. The van der Waals surface area contributed by atoms with Crippen LogP contribution in [0.5, 0.6) is 5.75 Å². The number of imide groups is 1. The van der Waals surface area contributed by atoms with Crippen molar-refractivity contribution in [2.75, 3.05) is 16.8 Å². The average Bonchev–Trinajstić information content (AvgIpc) is 3.02. The third-order valence-electron chi connectivity index (χ3n) is 4.89. The summed E-state index contributed by atoms with van der Waals surface area (Å²) in [5.41, 5.74) is 0.580. The molecule has 0 bridgehead atoms. The highest BCUT2D eigenvalue weighted by atomic mass is 19.1. The molecule has 3 aromatic rings. The van der Waals surface area contributed by atoms with Crippen LogP contribution in [-0.2, 0) is 9.59 Å². The first-order valence-corrected chi connectivity index (χ1v) is 10.1. The molecule has 0 spiro atoms. The van der Waals surface area contributed by atoms with Crippen molar-refractivity contribution in [3.63, 3.8) is 0 Å². The van der Waals surface area contributed by atoms with Gasteiger partial charge in [0, 0.05) is 5.69 Å². The van der Waals surface area contributed by atoms with E-state index < -0.39 is 23.4 Å². The molecule has 1 aliphatic rings. The number of halogens is 2. The molecule has 1 heterocycles. The Kier molecular flexibility index (Phi) is 5.98. The van der Waals surface area contributed by atoms with Gasteiger partial charge in [-0.25, -0.2) is 13.7 Å². The monoisotopic (exact) mass is 434 g/mol. The normalized spacial score (nSPS) is 13.7. The van der Waals surface area contributed by atoms with Crippen LogP contribution in [-0.4, -0.2) is 18.4 Å². The van der Waals surface area contributed by atoms with Crippen LogP contribution in [0, 0.1) is 11.6 Å². The maximum absolute atomic E-state index is 14.4. The molecule has 162 valence electrons. The number of hydrogen-bond acceptors (Lipinski definition) is 4. The number of amides is 2. The van der Waals surface area contributed by atoms with Crippen molar-refractivity contribution in [1.29, 1.82) is 0 Å². The van der Waals surface area contributed by atoms with Crippen LogP contribution in [0.2, 0.25) is 0 Å². The van der Waals surface area contributed by atoms with Crippen LogP contribution >= 0.6 is 0 Å². The van der Waals surface area contributed by atoms with Gasteiger partial charge in [-0.1, -0.05) is 37.3 Å². The third-order valence-corrected chi connectivity index (χ3v) is 4.89. The van der Waals surface area contributed by atoms with Crippen LogP contribution in [0.15, 0.2) is 78.5 Å². The van der Waals surface area contributed by atoms with Gasteiger partial charge in [-0.2, -0.15) is 0 Å². The zero-order valence-corrected chi connectivity index (χ0v) is 17.3. The summed E-state index contributed by atoms with van der Waals surface area (Å²) in [6, 6.07) is 17.8. The highest BCUT2D eigenvalue weighted by Gasteiger charge is 2.41. The van der Waals surface area contributed by atoms with E-state index in [0.717, 1.165) is 11.3 Å². The third kappa shape index (κ3) is 4.09. The minimum atomic E-state index is -0.731. The van der Waals surface area contributed by atoms with Crippen molar-refractivity contribution in [2.24, 2.45) is 0 Å². The molecule has 0 unspecified atom stereocenters. The number of hydrogen-bond donors (Lipinski definition) is 1. The molecule has 0 saturated carbocycles. The lowest BCUT2D eigenvalue weighted by Gasteiger charge is -2.16. The van der Waals surface area contributed by atoms with E-state index in [2.05, 4.69) is 5.32 Å². The van der Waals surface area contributed by atoms with Crippen molar-refractivity contribution in [2.45, 2.75) is 13.3 Å². The van der Waals surface area contributed by atoms with E-state index in [1.54, 1.807) is 30.3 Å². The van der Waals surface area contributed by atoms with Gasteiger partial charge in [0.25, 0.3) is 11.8 Å². The van der Waals surface area contributed by atoms with Gasteiger partial charge in [-0.05, 0) is 54.4 Å². The number of anilines is 2. The first-order valence-electron chi connectivity index (χ1n) is 10.1. The summed E-state index contributed by atoms with van der Waals surface area (Å²) in [6.07, 6.45) is 0.846. The summed E-state index contributed by atoms with van der Waals surface area (Å²) in [4.78, 5) is 27.4. The Balaban J connectivity index is 1.78. The largest absolute Gasteiger partial charge is 0.494 e. The predicted molar refractivity (Wildman–Crippen MR) is 118 cm³/mol. The first-order chi connectivity index (χ1) is 15.5. The van der Waals surface area contributed by atoms with Crippen LogP contribution in [0.1, 0.15) is 18.9 Å². The van der Waals surface area contributed by atoms with Crippen molar-refractivity contribution < 1.29 is 23.1 Å². The van der Waals surface area contributed by atoms with Gasteiger partial charge < -0.3 is 10.1 Å². The van der Waals surface area contributed by atoms with Crippen LogP contribution in [0.4, 0.5) is 20.2 Å². The van der Waals surface area contributed by atoms with E-state index in [0.29, 0.717) is 17.9 Å². The number of carbonyl (C=O) groups excluding carboxylic acids is 2. The molecule has 5 nitrogen and oxygen atoms in total. The van der Waals surface area contributed by atoms with E-state index in [1.807, 2.05) is 6.92 Å². The molecule has 0 aromatic heterocycles. The quantitative estimate of drug-likeness (QED) is 0.523. The summed E-state index contributed by atoms with van der Waals surface area (Å²) in [6.45, 7) is 2.54. The summed E-state index contributed by atoms with van der Waals surface area (Å²) in [5, 5.41) is 2.85. The second kappa shape index (κ2) is 9.01. The van der Waals surface area contributed by atoms with Crippen molar-refractivity contribution >= 4 is 28.8 Å². The Labute approximate surface area is 183 Å². The lowest BCUT2D eigenvalue weighted by atomic mass is 10.0. The van der Waals surface area contributed by atoms with E-state index in [9.17, 15) is 18.4 Å². The second-order valence-corrected chi connectivity index (χ2v) is 7.16. The Bertz CT molecular complexity index is 1210. The summed E-state index contributed by atoms with van der Waals surface area (Å²) in [7, 11) is 0. The minimum absolute atomic E-state index is 0.0598. The number of benzene rings is 3. The van der Waals surface area contributed by atoms with Gasteiger partial charge in [-0.3, -0.25) is 9.59 Å². The van der Waals surface area contributed by atoms with Gasteiger partial charge in [-0.15, -0.1) is 0 Å². The van der Waals surface area contributed by atoms with Crippen molar-refractivity contribution in [3.8, 4) is 5.75 Å². The molecule has 0 aliphatic carbocycles. The second-order valence-electron chi connectivity index (χ2n) is 7.16. The zero-order valence-electron chi connectivity index (χ0n) is 17.3. The smallest absolute Gasteiger partial charge is 0.282 e. The molecule has 3 aromatic carbocycles. The summed E-state index contributed by atoms with van der Waals surface area (Å²) < 4.78 is 33.7. The number of para-hydroxylation sites is 1. The molecule has 0 saturated heterocycles. The maximum atomic E-state index is 14.4. The fourth-order valence-corrected chi connectivity index (χ4v) is 3.41. The topological polar surface area (TPSA) is 58.6 Å². The van der Waals surface area contributed by atoms with Crippen LogP contribution in [0.25, 0.3) is 5.57 Å². The molecular weight excluding hydrogens is 414 g/mol. The number of nitrogens with one attached hydrogen (secondary N) is 1. The van der Waals surface area contributed by atoms with Crippen LogP contribution in [0.3, 0.4) is 0 Å². The molecule has 1 aliphatic heterocycles. The van der Waals surface area contributed by atoms with E-state index in [4.69, 9.17) is 4.74 Å². The van der Waals surface area contributed by atoms with Gasteiger partial charge in [0.2, 0.25) is 0 Å². The molecule has 1 N–H and O–H groups in total. The number of ether oxygens (including phenoxy) is 1. The van der Waals surface area contributed by atoms with Crippen LogP contribution < -0.4 is 15.0 Å². The molecule has 32 heavy (non-hydrogen) atoms. The molecule has 0 radical (unpaired) electrons. The van der Waals surface area contributed by atoms with E-state index in [-0.39, 0.29) is 22.6 Å². The Morgan fingerprint density at radius 3 is 2.34 bits per heavy atom. The number of rotatable bonds is 7. The van der Waals surface area contributed by atoms with Gasteiger partial charge >= 0.3 is 0 Å². The van der Waals surface area contributed by atoms with E-state index >= 15 is 0 Å². The Morgan fingerprint density at radius 1 is 0.906 bits per heavy atom. The minimum Gasteiger partial charge on any atom is -0.494 e. The fraction of sp³-hybridized carbons (Fsp3) is 0.120. The Morgan fingerprint density at radius 2 is 1.66 bits per heavy atom. The highest BCUT2D eigenvalue weighted by molar-refractivity contribution is 6.46. The molecule has 4 rings (SSSR count). The van der Waals surface area contributed by atoms with Gasteiger partial charge in [0.05, 0.1) is 17.9 Å². The standard InChI is InChI=1S/C25H20F2N2O3/c1-2-14-32-19-12-10-16(11-13-19)22-23(28-18-7-5-6-17(26)15-18)25(31)29(24(22)30)21-9-4-3-8-20(21)27/h3-13,15,28H,2,14H2,1H3. The number of carbonyl (C=O) groups is 2. The van der Waals surface area contributed by atoms with Gasteiger partial charge in [0.1, 0.15) is 23.1 Å². The summed E-state index contributed by atoms with van der Waals surface area (Å²) in [5.74, 6) is -1.99. The first kappa shape index (κ1) is 21.2. The lowest BCUT2D eigenvalue weighted by molar-refractivity contribution is -0.120. The molecule has 7 heteroatoms. The van der Waals surface area contributed by atoms with E-state index in [1.165, 1.54) is 42.5 Å². The van der Waals surface area contributed by atoms with Crippen molar-refractivity contribution in [3.05, 3.63) is 95.7 Å². The summed E-state index contributed by atoms with van der Waals surface area (Å²) >= 11 is 0. The molecule has 0 atom stereocenters. The van der Waals surface area contributed by atoms with Crippen molar-refractivity contribution in [1.82, 2.24) is 0 Å². The average molecular weight is 434 g/mol. The SMILES string of the molecule is CCCOc1ccc(C2=C(Nc3cccc(F)c3)C(=O)N(c3ccccc3F)C2=O)cc1. The zero-order chi connectivity index (χ0) is 22.7. The maximum Gasteiger partial charge on any atom is 0.282 e. The molecule has 0 fully saturated rings. The van der Waals surface area contributed by atoms with Gasteiger partial charge in [0.15, 0.2) is 0 Å². The molecule has 2 amide bonds. The lowest BCUT2D eigenvalue weighted by Crippen LogP contribution is -2.33. The fourth-order valence-electron chi connectivity index (χ4n) is 3.41. The molecular formula is C25H20F2N2O3. The number of nitrogens with zero attached hydrogens (tertiary/aromatic N) is 1.